The van der Waals surface area contributed by atoms with Crippen LogP contribution in [0, 0.1) is 11.8 Å². The topological polar surface area (TPSA) is 6.48 Å². The zero-order chi connectivity index (χ0) is 9.41. The molecule has 80 valence electrons. The molecular formula is C13H18N2. The van der Waals surface area contributed by atoms with E-state index >= 15 is 0 Å². The Kier molecular flexibility index (Phi) is 0.828. The van der Waals surface area contributed by atoms with Crippen LogP contribution in [0.2, 0.25) is 0 Å². The maximum atomic E-state index is 3.05. The molecule has 4 atom stereocenters. The minimum absolute atomic E-state index is 0.624. The highest BCUT2D eigenvalue weighted by molar-refractivity contribution is 5.36. The van der Waals surface area contributed by atoms with Crippen molar-refractivity contribution in [1.82, 2.24) is 9.80 Å². The van der Waals surface area contributed by atoms with E-state index in [0.717, 1.165) is 23.9 Å². The lowest BCUT2D eigenvalue weighted by Gasteiger charge is -2.73. The number of hydrogen-bond acceptors (Lipinski definition) is 2. The van der Waals surface area contributed by atoms with Gasteiger partial charge in [-0.05, 0) is 56.8 Å². The molecule has 0 bridgehead atoms. The predicted octanol–water partition coefficient (Wildman–Crippen LogP) is 1.76. The van der Waals surface area contributed by atoms with Gasteiger partial charge < -0.3 is 0 Å². The Bertz CT molecular complexity index is 354. The zero-order valence-corrected chi connectivity index (χ0v) is 9.15. The van der Waals surface area contributed by atoms with Crippen LogP contribution in [0.3, 0.4) is 0 Å². The summed E-state index contributed by atoms with van der Waals surface area (Å²) in [6.07, 6.45) is 10.8. The van der Waals surface area contributed by atoms with Crippen LogP contribution in [0.5, 0.6) is 0 Å². The molecule has 5 heterocycles. The van der Waals surface area contributed by atoms with E-state index in [9.17, 15) is 0 Å². The molecule has 2 spiro atoms. The van der Waals surface area contributed by atoms with Crippen LogP contribution in [0.4, 0.5) is 0 Å². The van der Waals surface area contributed by atoms with Crippen LogP contribution in [-0.2, 0) is 0 Å². The molecule has 1 aliphatic carbocycles. The Labute approximate surface area is 90.6 Å². The van der Waals surface area contributed by atoms with Crippen molar-refractivity contribution in [3.63, 3.8) is 0 Å². The highest BCUT2D eigenvalue weighted by Gasteiger charge is 2.87. The van der Waals surface area contributed by atoms with Crippen molar-refractivity contribution in [3.8, 4) is 0 Å². The molecule has 2 nitrogen and oxygen atoms in total. The molecule has 15 heavy (non-hydrogen) atoms. The van der Waals surface area contributed by atoms with Gasteiger partial charge in [-0.15, -0.1) is 0 Å². The summed E-state index contributed by atoms with van der Waals surface area (Å²) in [5.74, 6) is 2.17. The van der Waals surface area contributed by atoms with Crippen molar-refractivity contribution in [2.45, 2.75) is 68.4 Å². The van der Waals surface area contributed by atoms with E-state index in [1.165, 1.54) is 25.7 Å². The summed E-state index contributed by atoms with van der Waals surface area (Å²) in [4.78, 5) is 6.09. The lowest BCUT2D eigenvalue weighted by molar-refractivity contribution is -0.318. The minimum atomic E-state index is 0.624. The van der Waals surface area contributed by atoms with E-state index in [-0.39, 0.29) is 0 Å². The van der Waals surface area contributed by atoms with Gasteiger partial charge in [0.25, 0.3) is 0 Å². The van der Waals surface area contributed by atoms with Crippen molar-refractivity contribution < 1.29 is 0 Å². The molecule has 0 aromatic carbocycles. The van der Waals surface area contributed by atoms with Gasteiger partial charge in [0, 0.05) is 12.1 Å². The average molecular weight is 202 g/mol. The molecule has 0 radical (unpaired) electrons. The lowest BCUT2D eigenvalue weighted by Crippen LogP contribution is -2.86. The van der Waals surface area contributed by atoms with Gasteiger partial charge in [-0.1, -0.05) is 0 Å². The van der Waals surface area contributed by atoms with Crippen molar-refractivity contribution in [2.24, 2.45) is 11.8 Å². The summed E-state index contributed by atoms with van der Waals surface area (Å²) >= 11 is 0. The summed E-state index contributed by atoms with van der Waals surface area (Å²) < 4.78 is 0. The van der Waals surface area contributed by atoms with Crippen molar-refractivity contribution in [1.29, 1.82) is 0 Å². The highest BCUT2D eigenvalue weighted by atomic mass is 15.7. The van der Waals surface area contributed by atoms with Crippen LogP contribution in [-0.4, -0.2) is 33.2 Å². The van der Waals surface area contributed by atoms with Gasteiger partial charge in [0.15, 0.2) is 0 Å². The Morgan fingerprint density at radius 2 is 1.40 bits per heavy atom. The summed E-state index contributed by atoms with van der Waals surface area (Å²) in [6, 6.07) is 2.01. The Morgan fingerprint density at radius 3 is 2.00 bits per heavy atom. The van der Waals surface area contributed by atoms with Gasteiger partial charge in [0.05, 0.1) is 11.3 Å². The second-order valence-corrected chi connectivity index (χ2v) is 6.99. The average Bonchev–Trinajstić information content (AvgIpc) is 2.75. The number of nitrogens with zero attached hydrogens (tertiary/aromatic N) is 2. The molecule has 6 rings (SSSR count). The molecule has 2 heteroatoms. The molecule has 1 saturated carbocycles. The van der Waals surface area contributed by atoms with Crippen molar-refractivity contribution >= 4 is 0 Å². The minimum Gasteiger partial charge on any atom is -0.263 e. The quantitative estimate of drug-likeness (QED) is 0.590. The Morgan fingerprint density at radius 1 is 0.800 bits per heavy atom. The van der Waals surface area contributed by atoms with E-state index < -0.39 is 0 Å². The highest BCUT2D eigenvalue weighted by Crippen LogP contribution is 2.79. The van der Waals surface area contributed by atoms with Crippen LogP contribution in [0.25, 0.3) is 0 Å². The molecule has 4 unspecified atom stereocenters. The second kappa shape index (κ2) is 1.70. The van der Waals surface area contributed by atoms with Crippen LogP contribution in [0.1, 0.15) is 44.9 Å². The molecule has 0 amide bonds. The third-order valence-corrected chi connectivity index (χ3v) is 7.04. The monoisotopic (exact) mass is 202 g/mol. The van der Waals surface area contributed by atoms with E-state index in [1.54, 1.807) is 19.3 Å². The molecular weight excluding hydrogens is 184 g/mol. The van der Waals surface area contributed by atoms with Gasteiger partial charge in [0.2, 0.25) is 0 Å². The molecule has 5 saturated heterocycles. The zero-order valence-electron chi connectivity index (χ0n) is 9.15. The summed E-state index contributed by atoms with van der Waals surface area (Å²) in [5, 5.41) is 0. The predicted molar refractivity (Wildman–Crippen MR) is 56.0 cm³/mol. The second-order valence-electron chi connectivity index (χ2n) is 6.99. The fraction of sp³-hybridized carbons (Fsp3) is 1.00. The lowest BCUT2D eigenvalue weighted by atomic mass is 9.60. The first-order valence-electron chi connectivity index (χ1n) is 6.96. The third-order valence-electron chi connectivity index (χ3n) is 7.04. The number of rotatable bonds is 0. The van der Waals surface area contributed by atoms with Gasteiger partial charge in [-0.2, -0.15) is 0 Å². The summed E-state index contributed by atoms with van der Waals surface area (Å²) in [6.45, 7) is 0. The molecule has 0 N–H and O–H groups in total. The Balaban J connectivity index is 1.68. The Hall–Kier alpha value is -0.0800. The van der Waals surface area contributed by atoms with Crippen LogP contribution >= 0.6 is 0 Å². The maximum absolute atomic E-state index is 3.05. The van der Waals surface area contributed by atoms with E-state index in [4.69, 9.17) is 0 Å². The molecule has 6 fully saturated rings. The fourth-order valence-electron chi connectivity index (χ4n) is 7.07. The maximum Gasteiger partial charge on any atom is 0.0831 e. The van der Waals surface area contributed by atoms with Gasteiger partial charge in [-0.25, -0.2) is 0 Å². The standard InChI is InChI=1S/C13H18N2/c1-3-12-4-2-11-7-9-5-8-6-10(1)14(12)13(8,9)15(11)12/h8-11H,1-7H2. The molecule has 0 aromatic rings. The summed E-state index contributed by atoms with van der Waals surface area (Å²) in [5.41, 5.74) is 1.29. The molecule has 5 aliphatic heterocycles. The first kappa shape index (κ1) is 7.29. The fourth-order valence-corrected chi connectivity index (χ4v) is 7.07. The first-order valence-corrected chi connectivity index (χ1v) is 6.96. The third kappa shape index (κ3) is 0.429. The van der Waals surface area contributed by atoms with Crippen molar-refractivity contribution in [3.05, 3.63) is 0 Å². The van der Waals surface area contributed by atoms with E-state index in [2.05, 4.69) is 9.80 Å². The van der Waals surface area contributed by atoms with Crippen LogP contribution < -0.4 is 0 Å². The van der Waals surface area contributed by atoms with Crippen molar-refractivity contribution in [2.75, 3.05) is 0 Å². The largest absolute Gasteiger partial charge is 0.263 e. The smallest absolute Gasteiger partial charge is 0.0831 e. The normalized spacial score (nSPS) is 72.8. The number of hydrogen-bond donors (Lipinski definition) is 0. The summed E-state index contributed by atoms with van der Waals surface area (Å²) in [7, 11) is 0. The van der Waals surface area contributed by atoms with Crippen LogP contribution in [0.15, 0.2) is 0 Å². The molecule has 6 aliphatic rings. The SMILES string of the molecule is C1CC23CCC4CC5CC6CC1N2C65N43. The van der Waals surface area contributed by atoms with Gasteiger partial charge in [-0.3, -0.25) is 9.80 Å². The first-order chi connectivity index (χ1) is 7.37. The van der Waals surface area contributed by atoms with Gasteiger partial charge in [0.1, 0.15) is 0 Å². The van der Waals surface area contributed by atoms with E-state index in [1.807, 2.05) is 0 Å². The van der Waals surface area contributed by atoms with Gasteiger partial charge >= 0.3 is 0 Å². The molecule has 0 aromatic heterocycles. The van der Waals surface area contributed by atoms with E-state index in [0.29, 0.717) is 11.3 Å².